The van der Waals surface area contributed by atoms with Crippen LogP contribution in [0.3, 0.4) is 0 Å². The third kappa shape index (κ3) is 2.88. The molecule has 102 valence electrons. The molecule has 2 unspecified atom stereocenters. The van der Waals surface area contributed by atoms with Crippen molar-refractivity contribution >= 4 is 0 Å². The van der Waals surface area contributed by atoms with Crippen LogP contribution < -0.4 is 5.32 Å². The zero-order valence-corrected chi connectivity index (χ0v) is 11.1. The van der Waals surface area contributed by atoms with Gasteiger partial charge in [0.15, 0.2) is 0 Å². The van der Waals surface area contributed by atoms with Gasteiger partial charge in [-0.1, -0.05) is 13.0 Å². The number of nitrogens with one attached hydrogen (secondary N) is 2. The smallest absolute Gasteiger partial charge is 0.124 e. The van der Waals surface area contributed by atoms with Gasteiger partial charge in [-0.15, -0.1) is 0 Å². The van der Waals surface area contributed by atoms with Gasteiger partial charge in [0.05, 0.1) is 11.6 Å². The number of benzene rings is 1. The second-order valence-electron chi connectivity index (χ2n) is 4.53. The molecule has 0 aliphatic carbocycles. The quantitative estimate of drug-likeness (QED) is 0.667. The number of aromatic hydroxyl groups is 2. The molecule has 2 rings (SSSR count). The van der Waals surface area contributed by atoms with Crippen LogP contribution >= 0.6 is 0 Å². The van der Waals surface area contributed by atoms with Crippen molar-refractivity contribution in [2.75, 3.05) is 0 Å². The Kier molecular flexibility index (Phi) is 4.06. The van der Waals surface area contributed by atoms with Crippen molar-refractivity contribution in [3.05, 3.63) is 42.0 Å². The van der Waals surface area contributed by atoms with Gasteiger partial charge in [0.2, 0.25) is 0 Å². The van der Waals surface area contributed by atoms with Gasteiger partial charge < -0.3 is 20.5 Å². The molecular weight excluding hydrogens is 242 g/mol. The summed E-state index contributed by atoms with van der Waals surface area (Å²) < 4.78 is 0. The first-order valence-electron chi connectivity index (χ1n) is 6.39. The molecule has 0 aliphatic heterocycles. The van der Waals surface area contributed by atoms with E-state index < -0.39 is 0 Å². The molecule has 0 radical (unpaired) electrons. The van der Waals surface area contributed by atoms with Gasteiger partial charge in [-0.25, -0.2) is 4.98 Å². The number of hydrogen-bond acceptors (Lipinski definition) is 4. The highest BCUT2D eigenvalue weighted by molar-refractivity contribution is 5.45. The number of aromatic amines is 1. The standard InChI is InChI=1S/C14H19N3O2/c1-3-10(14-15-7-8-16-14)17-9(2)13-11(18)5-4-6-12(13)19/h4-10,17-19H,3H2,1-2H3,(H,15,16). The zero-order chi connectivity index (χ0) is 13.8. The summed E-state index contributed by atoms with van der Waals surface area (Å²) in [6.45, 7) is 3.96. The molecule has 5 heteroatoms. The lowest BCUT2D eigenvalue weighted by molar-refractivity contribution is 0.392. The maximum Gasteiger partial charge on any atom is 0.124 e. The van der Waals surface area contributed by atoms with Gasteiger partial charge in [0, 0.05) is 18.4 Å². The van der Waals surface area contributed by atoms with Crippen molar-refractivity contribution in [1.82, 2.24) is 15.3 Å². The predicted octanol–water partition coefficient (Wildman–Crippen LogP) is 2.62. The Morgan fingerprint density at radius 2 is 2.00 bits per heavy atom. The van der Waals surface area contributed by atoms with Crippen LogP contribution in [-0.2, 0) is 0 Å². The lowest BCUT2D eigenvalue weighted by atomic mass is 10.0. The van der Waals surface area contributed by atoms with Crippen molar-refractivity contribution in [1.29, 1.82) is 0 Å². The summed E-state index contributed by atoms with van der Waals surface area (Å²) in [5.74, 6) is 1.04. The summed E-state index contributed by atoms with van der Waals surface area (Å²) in [4.78, 5) is 7.31. The third-order valence-electron chi connectivity index (χ3n) is 3.20. The first-order chi connectivity index (χ1) is 9.13. The number of aromatic nitrogens is 2. The highest BCUT2D eigenvalue weighted by Crippen LogP contribution is 2.33. The van der Waals surface area contributed by atoms with Gasteiger partial charge in [-0.3, -0.25) is 0 Å². The summed E-state index contributed by atoms with van der Waals surface area (Å²) in [5.41, 5.74) is 0.507. The Balaban J connectivity index is 2.18. The maximum absolute atomic E-state index is 9.85. The molecule has 1 heterocycles. The third-order valence-corrected chi connectivity index (χ3v) is 3.20. The minimum atomic E-state index is -0.184. The molecule has 1 aromatic carbocycles. The van der Waals surface area contributed by atoms with Gasteiger partial charge in [-0.2, -0.15) is 0 Å². The van der Waals surface area contributed by atoms with E-state index in [2.05, 4.69) is 22.2 Å². The van der Waals surface area contributed by atoms with Gasteiger partial charge in [0.1, 0.15) is 17.3 Å². The van der Waals surface area contributed by atoms with Crippen LogP contribution in [0.4, 0.5) is 0 Å². The monoisotopic (exact) mass is 261 g/mol. The van der Waals surface area contributed by atoms with E-state index in [1.807, 2.05) is 6.92 Å². The molecule has 0 spiro atoms. The Hall–Kier alpha value is -2.01. The first kappa shape index (κ1) is 13.4. The lowest BCUT2D eigenvalue weighted by Crippen LogP contribution is -2.25. The fourth-order valence-electron chi connectivity index (χ4n) is 2.23. The average molecular weight is 261 g/mol. The molecule has 5 nitrogen and oxygen atoms in total. The number of H-pyrrole nitrogens is 1. The van der Waals surface area contributed by atoms with Crippen LogP contribution in [0.5, 0.6) is 11.5 Å². The molecule has 0 bridgehead atoms. The molecule has 19 heavy (non-hydrogen) atoms. The van der Waals surface area contributed by atoms with Crippen LogP contribution in [0.15, 0.2) is 30.6 Å². The normalized spacial score (nSPS) is 14.2. The van der Waals surface area contributed by atoms with Crippen molar-refractivity contribution in [3.8, 4) is 11.5 Å². The number of phenols is 2. The minimum Gasteiger partial charge on any atom is -0.507 e. The summed E-state index contributed by atoms with van der Waals surface area (Å²) in [6, 6.07) is 4.62. The summed E-state index contributed by atoms with van der Waals surface area (Å²) in [5, 5.41) is 23.1. The molecule has 0 saturated carbocycles. The van der Waals surface area contributed by atoms with E-state index in [4.69, 9.17) is 0 Å². The van der Waals surface area contributed by atoms with Crippen LogP contribution in [0.25, 0.3) is 0 Å². The second-order valence-corrected chi connectivity index (χ2v) is 4.53. The maximum atomic E-state index is 9.85. The van der Waals surface area contributed by atoms with Crippen molar-refractivity contribution in [2.24, 2.45) is 0 Å². The lowest BCUT2D eigenvalue weighted by Gasteiger charge is -2.22. The Morgan fingerprint density at radius 1 is 1.32 bits per heavy atom. The zero-order valence-electron chi connectivity index (χ0n) is 11.1. The van der Waals surface area contributed by atoms with Crippen LogP contribution in [0.2, 0.25) is 0 Å². The predicted molar refractivity (Wildman–Crippen MR) is 72.9 cm³/mol. The van der Waals surface area contributed by atoms with Gasteiger partial charge in [0.25, 0.3) is 0 Å². The fraction of sp³-hybridized carbons (Fsp3) is 0.357. The van der Waals surface area contributed by atoms with Crippen molar-refractivity contribution in [2.45, 2.75) is 32.4 Å². The van der Waals surface area contributed by atoms with E-state index in [1.54, 1.807) is 30.6 Å². The number of imidazole rings is 1. The second kappa shape index (κ2) is 5.75. The Bertz CT molecular complexity index is 505. The average Bonchev–Trinajstić information content (AvgIpc) is 2.89. The van der Waals surface area contributed by atoms with Crippen LogP contribution in [0.1, 0.15) is 43.7 Å². The number of nitrogens with zero attached hydrogens (tertiary/aromatic N) is 1. The molecule has 0 fully saturated rings. The molecule has 0 aliphatic rings. The van der Waals surface area contributed by atoms with Crippen LogP contribution in [0, 0.1) is 0 Å². The van der Waals surface area contributed by atoms with E-state index in [0.717, 1.165) is 12.2 Å². The Morgan fingerprint density at radius 3 is 2.53 bits per heavy atom. The van der Waals surface area contributed by atoms with E-state index in [9.17, 15) is 10.2 Å². The van der Waals surface area contributed by atoms with E-state index in [1.165, 1.54) is 0 Å². The summed E-state index contributed by atoms with van der Waals surface area (Å²) >= 11 is 0. The van der Waals surface area contributed by atoms with Crippen LogP contribution in [-0.4, -0.2) is 20.2 Å². The van der Waals surface area contributed by atoms with E-state index >= 15 is 0 Å². The number of rotatable bonds is 5. The molecule has 2 aromatic rings. The van der Waals surface area contributed by atoms with E-state index in [0.29, 0.717) is 5.56 Å². The molecule has 1 aromatic heterocycles. The summed E-state index contributed by atoms with van der Waals surface area (Å²) in [6.07, 6.45) is 4.34. The highest BCUT2D eigenvalue weighted by atomic mass is 16.3. The fourth-order valence-corrected chi connectivity index (χ4v) is 2.23. The molecule has 4 N–H and O–H groups in total. The van der Waals surface area contributed by atoms with Gasteiger partial charge in [-0.05, 0) is 25.5 Å². The molecular formula is C14H19N3O2. The van der Waals surface area contributed by atoms with E-state index in [-0.39, 0.29) is 23.6 Å². The Labute approximate surface area is 112 Å². The molecule has 0 saturated heterocycles. The molecule has 0 amide bonds. The number of hydrogen-bond donors (Lipinski definition) is 4. The minimum absolute atomic E-state index is 0.0454. The summed E-state index contributed by atoms with van der Waals surface area (Å²) in [7, 11) is 0. The topological polar surface area (TPSA) is 81.2 Å². The van der Waals surface area contributed by atoms with Gasteiger partial charge >= 0.3 is 0 Å². The van der Waals surface area contributed by atoms with Crippen molar-refractivity contribution in [3.63, 3.8) is 0 Å². The van der Waals surface area contributed by atoms with Crippen molar-refractivity contribution < 1.29 is 10.2 Å². The molecule has 2 atom stereocenters. The number of phenolic OH excluding ortho intramolecular Hbond substituents is 2. The largest absolute Gasteiger partial charge is 0.507 e. The highest BCUT2D eigenvalue weighted by Gasteiger charge is 2.20. The SMILES string of the molecule is CCC(NC(C)c1c(O)cccc1O)c1ncc[nH]1. The first-order valence-corrected chi connectivity index (χ1v) is 6.39.